The zero-order valence-corrected chi connectivity index (χ0v) is 20.5. The molecule has 5 N–H and O–H groups in total. The molecule has 0 aliphatic carbocycles. The molecule has 0 aromatic heterocycles. The molecule has 0 spiro atoms. The fourth-order valence-electron chi connectivity index (χ4n) is 3.23. The van der Waals surface area contributed by atoms with E-state index in [9.17, 15) is 32.7 Å². The van der Waals surface area contributed by atoms with E-state index in [1.54, 1.807) is 61.5 Å². The quantitative estimate of drug-likeness (QED) is 0.230. The highest BCUT2D eigenvalue weighted by molar-refractivity contribution is 5.92. The third-order valence-electron chi connectivity index (χ3n) is 5.24. The van der Waals surface area contributed by atoms with Crippen LogP contribution in [0.2, 0.25) is 0 Å². The van der Waals surface area contributed by atoms with Gasteiger partial charge in [-0.05, 0) is 42.7 Å². The summed E-state index contributed by atoms with van der Waals surface area (Å²) < 4.78 is 48.2. The van der Waals surface area contributed by atoms with E-state index in [-0.39, 0.29) is 32.6 Å². The molecule has 0 bridgehead atoms. The number of para-hydroxylation sites is 1. The Balaban J connectivity index is 1.94. The van der Waals surface area contributed by atoms with Crippen LogP contribution >= 0.6 is 0 Å². The van der Waals surface area contributed by atoms with Gasteiger partial charge >= 0.3 is 24.1 Å². The van der Waals surface area contributed by atoms with Crippen LogP contribution in [-0.2, 0) is 20.7 Å². The van der Waals surface area contributed by atoms with E-state index in [2.05, 4.69) is 20.7 Å². The Morgan fingerprint density at radius 2 is 1.68 bits per heavy atom. The van der Waals surface area contributed by atoms with E-state index in [4.69, 9.17) is 9.84 Å². The molecule has 2 aromatic carbocycles. The maximum atomic E-state index is 12.7. The molecule has 2 amide bonds. The highest BCUT2D eigenvalue weighted by Gasteiger charge is 2.42. The number of carbonyl (C=O) groups excluding carboxylic acids is 2. The molecule has 0 heterocycles. The molecule has 1 unspecified atom stereocenters. The first-order valence-corrected chi connectivity index (χ1v) is 11.7. The minimum atomic E-state index is -5.17. The number of alkyl halides is 3. The molecule has 0 saturated heterocycles. The van der Waals surface area contributed by atoms with Crippen LogP contribution in [0.4, 0.5) is 23.7 Å². The number of esters is 1. The summed E-state index contributed by atoms with van der Waals surface area (Å²) in [4.78, 5) is 34.4. The Hall–Kier alpha value is -3.84. The zero-order valence-electron chi connectivity index (χ0n) is 20.5. The van der Waals surface area contributed by atoms with Crippen molar-refractivity contribution >= 4 is 23.7 Å². The summed E-state index contributed by atoms with van der Waals surface area (Å²) in [6.45, 7) is 0.690. The normalized spacial score (nSPS) is 13.6. The summed E-state index contributed by atoms with van der Waals surface area (Å²) in [6.07, 6.45) is -5.98. The van der Waals surface area contributed by atoms with Crippen molar-refractivity contribution in [1.82, 2.24) is 10.6 Å². The van der Waals surface area contributed by atoms with Gasteiger partial charge in [0, 0.05) is 18.3 Å². The average Bonchev–Trinajstić information content (AvgIpc) is 2.88. The number of amides is 2. The molecule has 2 rings (SSSR count). The van der Waals surface area contributed by atoms with Crippen molar-refractivity contribution in [2.75, 3.05) is 25.1 Å². The molecule has 10 nitrogen and oxygen atoms in total. The molecule has 2 aromatic rings. The Morgan fingerprint density at radius 1 is 1.03 bits per heavy atom. The molecule has 0 fully saturated rings. The second-order valence-corrected chi connectivity index (χ2v) is 8.24. The van der Waals surface area contributed by atoms with Gasteiger partial charge in [0.05, 0.1) is 6.61 Å². The Labute approximate surface area is 217 Å². The highest BCUT2D eigenvalue weighted by Crippen LogP contribution is 2.18. The van der Waals surface area contributed by atoms with Crippen LogP contribution in [0, 0.1) is 0 Å². The number of nitrogens with one attached hydrogen (secondary N) is 3. The first kappa shape index (κ1) is 30.4. The molecule has 0 aliphatic rings. The highest BCUT2D eigenvalue weighted by atomic mass is 19.4. The predicted octanol–water partition coefficient (Wildman–Crippen LogP) is 2.72. The molecule has 3 atom stereocenters. The lowest BCUT2D eigenvalue weighted by molar-refractivity contribution is -0.205. The van der Waals surface area contributed by atoms with Crippen LogP contribution in [0.15, 0.2) is 54.6 Å². The number of carboxylic acids is 1. The smallest absolute Gasteiger partial charge is 0.490 e. The van der Waals surface area contributed by atoms with Crippen LogP contribution < -0.4 is 20.7 Å². The van der Waals surface area contributed by atoms with Gasteiger partial charge in [-0.2, -0.15) is 13.2 Å². The second kappa shape index (κ2) is 14.8. The number of carboxylic acid groups (broad SMARTS) is 1. The summed E-state index contributed by atoms with van der Waals surface area (Å²) in [6, 6.07) is 12.5. The van der Waals surface area contributed by atoms with Crippen molar-refractivity contribution in [3.05, 3.63) is 60.2 Å². The number of rotatable bonds is 14. The lowest BCUT2D eigenvalue weighted by Gasteiger charge is -2.23. The second-order valence-electron chi connectivity index (χ2n) is 8.24. The van der Waals surface area contributed by atoms with Crippen molar-refractivity contribution in [1.29, 1.82) is 0 Å². The summed E-state index contributed by atoms with van der Waals surface area (Å²) >= 11 is 0. The number of carbonyl (C=O) groups is 3. The summed E-state index contributed by atoms with van der Waals surface area (Å²) in [7, 11) is 0. The van der Waals surface area contributed by atoms with E-state index < -0.39 is 42.3 Å². The molecule has 0 aliphatic heterocycles. The maximum absolute atomic E-state index is 12.7. The lowest BCUT2D eigenvalue weighted by atomic mass is 10.1. The Kier molecular flexibility index (Phi) is 11.8. The van der Waals surface area contributed by atoms with E-state index in [1.807, 2.05) is 0 Å². The molecular formula is C25H30F3N3O7. The van der Waals surface area contributed by atoms with Crippen LogP contribution in [-0.4, -0.2) is 72.3 Å². The number of urea groups is 1. The van der Waals surface area contributed by atoms with Gasteiger partial charge in [0.25, 0.3) is 0 Å². The van der Waals surface area contributed by atoms with E-state index in [0.717, 1.165) is 5.56 Å². The summed E-state index contributed by atoms with van der Waals surface area (Å²) in [5.41, 5.74) is 1.13. The number of halogens is 3. The number of anilines is 1. The van der Waals surface area contributed by atoms with Crippen molar-refractivity contribution in [3.63, 3.8) is 0 Å². The SMILES string of the molecule is CCC(NC(=O)Nc1ccc(C[C@@H](CO)NC[C@@H](COc2ccccc2)OC(=O)C(F)(F)F)cc1)C(=O)O. The van der Waals surface area contributed by atoms with E-state index in [0.29, 0.717) is 11.4 Å². The van der Waals surface area contributed by atoms with Crippen molar-refractivity contribution < 1.29 is 47.2 Å². The van der Waals surface area contributed by atoms with Crippen molar-refractivity contribution in [3.8, 4) is 5.75 Å². The molecule has 0 saturated carbocycles. The Bertz CT molecular complexity index is 1040. The molecular weight excluding hydrogens is 511 g/mol. The topological polar surface area (TPSA) is 146 Å². The third kappa shape index (κ3) is 10.6. The van der Waals surface area contributed by atoms with Gasteiger partial charge in [-0.25, -0.2) is 14.4 Å². The van der Waals surface area contributed by atoms with Gasteiger partial charge in [0.2, 0.25) is 0 Å². The van der Waals surface area contributed by atoms with E-state index in [1.165, 1.54) is 0 Å². The first-order chi connectivity index (χ1) is 18.0. The first-order valence-electron chi connectivity index (χ1n) is 11.7. The molecule has 0 radical (unpaired) electrons. The largest absolute Gasteiger partial charge is 0.490 e. The summed E-state index contributed by atoms with van der Waals surface area (Å²) in [5, 5.41) is 26.5. The van der Waals surface area contributed by atoms with Crippen LogP contribution in [0.5, 0.6) is 5.75 Å². The number of aliphatic hydroxyl groups is 1. The number of aliphatic hydroxyl groups excluding tert-OH is 1. The standard InChI is InChI=1S/C25H30F3N3O7/c1-2-21(22(33)34)31-24(36)30-17-10-8-16(9-11-17)12-18(14-32)29-13-20(38-23(35)25(26,27)28)15-37-19-6-4-3-5-7-19/h3-11,18,20-21,29,32H,2,12-15H2,1H3,(H,33,34)(H2,30,31,36)/t18-,20-,21?/m0/s1. The fraction of sp³-hybridized carbons (Fsp3) is 0.400. The molecule has 208 valence electrons. The fourth-order valence-corrected chi connectivity index (χ4v) is 3.23. The number of aliphatic carboxylic acids is 1. The van der Waals surface area contributed by atoms with Crippen molar-refractivity contribution in [2.24, 2.45) is 0 Å². The average molecular weight is 542 g/mol. The minimum Gasteiger partial charge on any atom is -0.490 e. The van der Waals surface area contributed by atoms with Gasteiger partial charge in [-0.3, -0.25) is 0 Å². The van der Waals surface area contributed by atoms with Crippen LogP contribution in [0.1, 0.15) is 18.9 Å². The maximum Gasteiger partial charge on any atom is 0.490 e. The monoisotopic (exact) mass is 541 g/mol. The summed E-state index contributed by atoms with van der Waals surface area (Å²) in [5.74, 6) is -3.11. The van der Waals surface area contributed by atoms with Crippen LogP contribution in [0.3, 0.4) is 0 Å². The van der Waals surface area contributed by atoms with Crippen molar-refractivity contribution in [2.45, 2.75) is 44.1 Å². The Morgan fingerprint density at radius 3 is 2.24 bits per heavy atom. The predicted molar refractivity (Wildman–Crippen MR) is 131 cm³/mol. The number of hydrogen-bond donors (Lipinski definition) is 5. The lowest BCUT2D eigenvalue weighted by Crippen LogP contribution is -2.44. The van der Waals surface area contributed by atoms with Gasteiger partial charge in [-0.15, -0.1) is 0 Å². The number of hydrogen-bond acceptors (Lipinski definition) is 7. The van der Waals surface area contributed by atoms with Gasteiger partial charge in [0.1, 0.15) is 24.5 Å². The third-order valence-corrected chi connectivity index (χ3v) is 5.24. The molecule has 13 heteroatoms. The van der Waals surface area contributed by atoms with Crippen LogP contribution in [0.25, 0.3) is 0 Å². The molecule has 38 heavy (non-hydrogen) atoms. The van der Waals surface area contributed by atoms with Gasteiger partial charge in [0.15, 0.2) is 0 Å². The number of ether oxygens (including phenoxy) is 2. The van der Waals surface area contributed by atoms with Gasteiger partial charge < -0.3 is 35.6 Å². The number of benzene rings is 2. The van der Waals surface area contributed by atoms with E-state index >= 15 is 0 Å². The zero-order chi connectivity index (χ0) is 28.1. The minimum absolute atomic E-state index is 0.214. The van der Waals surface area contributed by atoms with Gasteiger partial charge in [-0.1, -0.05) is 37.3 Å².